The fourth-order valence-electron chi connectivity index (χ4n) is 1.90. The van der Waals surface area contributed by atoms with Crippen LogP contribution >= 0.6 is 0 Å². The van der Waals surface area contributed by atoms with Gasteiger partial charge in [-0.1, -0.05) is 0 Å². The number of imidazole rings is 1. The second-order valence-corrected chi connectivity index (χ2v) is 4.83. The van der Waals surface area contributed by atoms with Crippen molar-refractivity contribution in [2.75, 3.05) is 5.32 Å². The van der Waals surface area contributed by atoms with E-state index < -0.39 is 5.54 Å². The maximum absolute atomic E-state index is 12.0. The van der Waals surface area contributed by atoms with E-state index in [2.05, 4.69) is 15.3 Å². The number of pyridine rings is 1. The maximum atomic E-state index is 12.0. The third kappa shape index (κ3) is 2.10. The second-order valence-electron chi connectivity index (χ2n) is 4.83. The molecular weight excluding hydrogens is 242 g/mol. The number of anilines is 1. The minimum absolute atomic E-state index is 0.153. The van der Waals surface area contributed by atoms with E-state index >= 15 is 0 Å². The monoisotopic (exact) mass is 257 g/mol. The van der Waals surface area contributed by atoms with E-state index in [4.69, 9.17) is 5.73 Å². The van der Waals surface area contributed by atoms with Gasteiger partial charge >= 0.3 is 0 Å². The number of nitrogens with zero attached hydrogens (tertiary/aromatic N) is 3. The Morgan fingerprint density at radius 3 is 2.84 bits per heavy atom. The van der Waals surface area contributed by atoms with E-state index in [0.717, 1.165) is 18.7 Å². The number of aryl methyl sites for hydroxylation is 1. The van der Waals surface area contributed by atoms with Crippen molar-refractivity contribution in [2.45, 2.75) is 25.3 Å². The van der Waals surface area contributed by atoms with Gasteiger partial charge in [0.25, 0.3) is 0 Å². The molecule has 0 spiro atoms. The third-order valence-corrected chi connectivity index (χ3v) is 3.33. The van der Waals surface area contributed by atoms with Crippen LogP contribution in [0.2, 0.25) is 0 Å². The molecule has 1 aliphatic carbocycles. The summed E-state index contributed by atoms with van der Waals surface area (Å²) in [4.78, 5) is 20.5. The number of carbonyl (C=O) groups excluding carboxylic acids is 1. The lowest BCUT2D eigenvalue weighted by Gasteiger charge is -2.14. The molecule has 98 valence electrons. The van der Waals surface area contributed by atoms with Gasteiger partial charge in [0.1, 0.15) is 5.82 Å². The maximum Gasteiger partial charge on any atom is 0.244 e. The molecule has 0 unspecified atom stereocenters. The van der Waals surface area contributed by atoms with Gasteiger partial charge in [0.05, 0.1) is 11.2 Å². The van der Waals surface area contributed by atoms with Crippen LogP contribution in [0.1, 0.15) is 18.7 Å². The largest absolute Gasteiger partial charge is 0.321 e. The van der Waals surface area contributed by atoms with Crippen LogP contribution in [0.3, 0.4) is 0 Å². The van der Waals surface area contributed by atoms with Crippen molar-refractivity contribution in [1.82, 2.24) is 14.5 Å². The van der Waals surface area contributed by atoms with Crippen molar-refractivity contribution in [2.24, 2.45) is 5.73 Å². The van der Waals surface area contributed by atoms with E-state index in [1.54, 1.807) is 18.5 Å². The standard InChI is InChI=1S/C13H15N5O/c1-9-15-7-8-18(9)11-10(3-2-6-16-11)17-12(19)13(14)4-5-13/h2-3,6-8H,4-5,14H2,1H3,(H,17,19). The molecule has 0 aliphatic heterocycles. The zero-order chi connectivity index (χ0) is 13.5. The van der Waals surface area contributed by atoms with E-state index in [9.17, 15) is 4.79 Å². The average Bonchev–Trinajstić information content (AvgIpc) is 3.01. The zero-order valence-corrected chi connectivity index (χ0v) is 10.6. The number of rotatable bonds is 3. The fourth-order valence-corrected chi connectivity index (χ4v) is 1.90. The molecule has 0 atom stereocenters. The van der Waals surface area contributed by atoms with Crippen LogP contribution in [0, 0.1) is 6.92 Å². The first-order chi connectivity index (χ1) is 9.10. The van der Waals surface area contributed by atoms with Gasteiger partial charge in [-0.2, -0.15) is 0 Å². The lowest BCUT2D eigenvalue weighted by molar-refractivity contribution is -0.118. The van der Waals surface area contributed by atoms with Crippen LogP contribution in [0.5, 0.6) is 0 Å². The first-order valence-corrected chi connectivity index (χ1v) is 6.16. The predicted molar refractivity (Wildman–Crippen MR) is 70.9 cm³/mol. The van der Waals surface area contributed by atoms with Crippen molar-refractivity contribution in [3.63, 3.8) is 0 Å². The molecule has 1 aliphatic rings. The number of hydrogen-bond acceptors (Lipinski definition) is 4. The average molecular weight is 257 g/mol. The van der Waals surface area contributed by atoms with Crippen molar-refractivity contribution < 1.29 is 4.79 Å². The van der Waals surface area contributed by atoms with Gasteiger partial charge in [-0.05, 0) is 31.9 Å². The highest BCUT2D eigenvalue weighted by atomic mass is 16.2. The Labute approximate surface area is 110 Å². The van der Waals surface area contributed by atoms with Gasteiger partial charge in [-0.15, -0.1) is 0 Å². The molecule has 6 nitrogen and oxygen atoms in total. The third-order valence-electron chi connectivity index (χ3n) is 3.33. The molecule has 0 saturated heterocycles. The zero-order valence-electron chi connectivity index (χ0n) is 10.6. The molecule has 3 N–H and O–H groups in total. The molecule has 0 bridgehead atoms. The number of amides is 1. The Hall–Kier alpha value is -2.21. The van der Waals surface area contributed by atoms with Gasteiger partial charge < -0.3 is 11.1 Å². The van der Waals surface area contributed by atoms with Crippen LogP contribution in [-0.4, -0.2) is 26.0 Å². The summed E-state index contributed by atoms with van der Waals surface area (Å²) in [5.41, 5.74) is 5.83. The summed E-state index contributed by atoms with van der Waals surface area (Å²) >= 11 is 0. The Morgan fingerprint density at radius 2 is 2.21 bits per heavy atom. The normalized spacial score (nSPS) is 16.1. The van der Waals surface area contributed by atoms with Crippen LogP contribution in [-0.2, 0) is 4.79 Å². The Balaban J connectivity index is 1.94. The molecule has 1 fully saturated rings. The quantitative estimate of drug-likeness (QED) is 0.859. The minimum atomic E-state index is -0.697. The minimum Gasteiger partial charge on any atom is -0.321 e. The number of carbonyl (C=O) groups is 1. The van der Waals surface area contributed by atoms with E-state index in [1.165, 1.54) is 0 Å². The second kappa shape index (κ2) is 4.17. The van der Waals surface area contributed by atoms with Gasteiger partial charge in [-0.25, -0.2) is 9.97 Å². The van der Waals surface area contributed by atoms with Crippen molar-refractivity contribution >= 4 is 11.6 Å². The summed E-state index contributed by atoms with van der Waals surface area (Å²) in [6, 6.07) is 3.59. The molecule has 19 heavy (non-hydrogen) atoms. The first-order valence-electron chi connectivity index (χ1n) is 6.16. The van der Waals surface area contributed by atoms with Crippen LogP contribution < -0.4 is 11.1 Å². The van der Waals surface area contributed by atoms with Gasteiger partial charge in [0, 0.05) is 18.6 Å². The summed E-state index contributed by atoms with van der Waals surface area (Å²) in [5.74, 6) is 1.30. The highest BCUT2D eigenvalue weighted by molar-refractivity contribution is 6.01. The number of hydrogen-bond donors (Lipinski definition) is 2. The number of aromatic nitrogens is 3. The Bertz CT molecular complexity index is 629. The molecule has 2 aromatic heterocycles. The lowest BCUT2D eigenvalue weighted by atomic mass is 10.2. The van der Waals surface area contributed by atoms with Gasteiger partial charge in [0.2, 0.25) is 5.91 Å². The van der Waals surface area contributed by atoms with Gasteiger partial charge in [-0.3, -0.25) is 9.36 Å². The van der Waals surface area contributed by atoms with Crippen molar-refractivity contribution in [3.05, 3.63) is 36.5 Å². The van der Waals surface area contributed by atoms with Crippen molar-refractivity contribution in [3.8, 4) is 5.82 Å². The molecule has 1 saturated carbocycles. The smallest absolute Gasteiger partial charge is 0.244 e. The summed E-state index contributed by atoms with van der Waals surface area (Å²) in [5, 5.41) is 2.85. The summed E-state index contributed by atoms with van der Waals surface area (Å²) < 4.78 is 1.83. The van der Waals surface area contributed by atoms with Crippen LogP contribution in [0.4, 0.5) is 5.69 Å². The summed E-state index contributed by atoms with van der Waals surface area (Å²) in [6.45, 7) is 1.88. The SMILES string of the molecule is Cc1nccn1-c1ncccc1NC(=O)C1(N)CC1. The fraction of sp³-hybridized carbons (Fsp3) is 0.308. The Kier molecular flexibility index (Phi) is 2.60. The Morgan fingerprint density at radius 1 is 1.42 bits per heavy atom. The van der Waals surface area contributed by atoms with E-state index in [1.807, 2.05) is 23.8 Å². The first kappa shape index (κ1) is 11.9. The molecular formula is C13H15N5O. The van der Waals surface area contributed by atoms with Crippen molar-refractivity contribution in [1.29, 1.82) is 0 Å². The molecule has 2 aromatic rings. The molecule has 2 heterocycles. The number of nitrogens with one attached hydrogen (secondary N) is 1. The topological polar surface area (TPSA) is 85.8 Å². The molecule has 1 amide bonds. The van der Waals surface area contributed by atoms with E-state index in [-0.39, 0.29) is 5.91 Å². The van der Waals surface area contributed by atoms with Crippen LogP contribution in [0.15, 0.2) is 30.7 Å². The highest BCUT2D eigenvalue weighted by Gasteiger charge is 2.46. The molecule has 0 aromatic carbocycles. The predicted octanol–water partition coefficient (Wildman–Crippen LogP) is 1.01. The molecule has 3 rings (SSSR count). The summed E-state index contributed by atoms with van der Waals surface area (Å²) in [6.07, 6.45) is 6.65. The molecule has 0 radical (unpaired) electrons. The lowest BCUT2D eigenvalue weighted by Crippen LogP contribution is -2.38. The summed E-state index contributed by atoms with van der Waals surface area (Å²) in [7, 11) is 0. The highest BCUT2D eigenvalue weighted by Crippen LogP contribution is 2.33. The van der Waals surface area contributed by atoms with Gasteiger partial charge in [0.15, 0.2) is 5.82 Å². The molecule has 6 heteroatoms. The van der Waals surface area contributed by atoms with Crippen LogP contribution in [0.25, 0.3) is 5.82 Å². The number of nitrogens with two attached hydrogens (primary N) is 1. The van der Waals surface area contributed by atoms with E-state index in [0.29, 0.717) is 11.5 Å².